The zero-order valence-corrected chi connectivity index (χ0v) is 35.1. The van der Waals surface area contributed by atoms with Crippen LogP contribution in [-0.4, -0.2) is 90.0 Å². The molecular formula is C41H42ClF3N6O8S2. The summed E-state index contributed by atoms with van der Waals surface area (Å²) in [5.74, 6) is -2.04. The van der Waals surface area contributed by atoms with Gasteiger partial charge in [-0.25, -0.2) is 18.4 Å². The molecule has 3 N–H and O–H groups in total. The number of allylic oxidation sites excluding steroid dienone is 1. The lowest BCUT2D eigenvalue weighted by molar-refractivity contribution is -0.274. The maximum Gasteiger partial charge on any atom is 0.573 e. The number of carbonyl (C=O) groups is 3. The van der Waals surface area contributed by atoms with Crippen molar-refractivity contribution >= 4 is 66.6 Å². The lowest BCUT2D eigenvalue weighted by atomic mass is 10.1. The molecule has 2 aliphatic heterocycles. The number of ether oxygens (including phenoxy) is 3. The molecule has 1 saturated heterocycles. The van der Waals surface area contributed by atoms with Gasteiger partial charge in [0.2, 0.25) is 27.7 Å². The molecule has 0 unspecified atom stereocenters. The standard InChI is InChI=1S/C41H42ClF3N6O8S2/c1-57-34-20-46-36(30-17-25(42)11-16-29(30)34)58-27-18-33-35(52)49-40(38(54)50-61(55,56)28-14-15-28)19-24(40)7-5-3-2-4-6-8-31(37(53)51(33)21-27)47-39-48-32(22-60-39)23-9-12-26(13-10-23)59-41(43,44)45/h5,7,9-13,16-17,20,22,24,27-28,31,33H,2-4,6,8,14-15,18-19,21H2,1H3,(H,47,48)(H,49,52)(H,50,54)/t24-,27-,31+,33+,40-/m1/s1. The molecule has 20 heteroatoms. The molecule has 2 aliphatic carbocycles. The quantitative estimate of drug-likeness (QED) is 0.144. The van der Waals surface area contributed by atoms with E-state index in [-0.39, 0.29) is 31.0 Å². The maximum absolute atomic E-state index is 14.8. The fraction of sp³-hybridized carbons (Fsp3) is 0.439. The predicted molar refractivity (Wildman–Crippen MR) is 221 cm³/mol. The van der Waals surface area contributed by atoms with Crippen LogP contribution in [0, 0.1) is 5.92 Å². The number of aromatic nitrogens is 2. The van der Waals surface area contributed by atoms with Gasteiger partial charge in [0.15, 0.2) is 5.13 Å². The van der Waals surface area contributed by atoms with E-state index in [1.165, 1.54) is 53.8 Å². The summed E-state index contributed by atoms with van der Waals surface area (Å²) in [6.07, 6.45) is 3.98. The Morgan fingerprint density at radius 1 is 1.07 bits per heavy atom. The van der Waals surface area contributed by atoms with E-state index < -0.39 is 69.0 Å². The van der Waals surface area contributed by atoms with Gasteiger partial charge in [-0.1, -0.05) is 36.6 Å². The van der Waals surface area contributed by atoms with Crippen molar-refractivity contribution in [3.8, 4) is 28.6 Å². The molecular weight excluding hydrogens is 861 g/mol. The zero-order valence-electron chi connectivity index (χ0n) is 32.7. The number of sulfonamides is 1. The monoisotopic (exact) mass is 902 g/mol. The minimum atomic E-state index is -4.83. The molecule has 8 rings (SSSR count). The van der Waals surface area contributed by atoms with E-state index in [0.717, 1.165) is 12.8 Å². The number of hydrogen-bond acceptors (Lipinski definition) is 12. The van der Waals surface area contributed by atoms with E-state index >= 15 is 0 Å². The summed E-state index contributed by atoms with van der Waals surface area (Å²) in [6.45, 7) is -0.0427. The van der Waals surface area contributed by atoms with Gasteiger partial charge in [-0.15, -0.1) is 24.5 Å². The van der Waals surface area contributed by atoms with Crippen LogP contribution in [0.1, 0.15) is 57.8 Å². The number of hydrogen-bond donors (Lipinski definition) is 3. The molecule has 5 atom stereocenters. The molecule has 2 aromatic heterocycles. The smallest absolute Gasteiger partial charge is 0.494 e. The van der Waals surface area contributed by atoms with Gasteiger partial charge >= 0.3 is 6.36 Å². The van der Waals surface area contributed by atoms with Crippen molar-refractivity contribution in [2.45, 2.75) is 93.1 Å². The van der Waals surface area contributed by atoms with E-state index in [2.05, 4.69) is 30.1 Å². The average molecular weight is 903 g/mol. The Morgan fingerprint density at radius 2 is 1.85 bits per heavy atom. The highest BCUT2D eigenvalue weighted by molar-refractivity contribution is 7.91. The largest absolute Gasteiger partial charge is 0.573 e. The van der Waals surface area contributed by atoms with Gasteiger partial charge in [-0.2, -0.15) is 0 Å². The summed E-state index contributed by atoms with van der Waals surface area (Å²) in [7, 11) is -2.42. The topological polar surface area (TPSA) is 178 Å². The van der Waals surface area contributed by atoms with Gasteiger partial charge in [0.1, 0.15) is 35.2 Å². The first-order valence-corrected chi connectivity index (χ1v) is 22.7. The summed E-state index contributed by atoms with van der Waals surface area (Å²) in [5, 5.41) is 9.22. The number of benzene rings is 2. The van der Waals surface area contributed by atoms with Crippen molar-refractivity contribution in [2.75, 3.05) is 19.0 Å². The van der Waals surface area contributed by atoms with E-state index in [1.54, 1.807) is 23.6 Å². The molecule has 2 aromatic carbocycles. The van der Waals surface area contributed by atoms with Crippen LogP contribution in [0.4, 0.5) is 18.3 Å². The van der Waals surface area contributed by atoms with Crippen molar-refractivity contribution in [2.24, 2.45) is 5.92 Å². The van der Waals surface area contributed by atoms with Crippen LogP contribution in [0.25, 0.3) is 22.0 Å². The first-order valence-electron chi connectivity index (χ1n) is 19.8. The fourth-order valence-electron chi connectivity index (χ4n) is 7.88. The number of methoxy groups -OCH3 is 1. The number of anilines is 1. The Bertz CT molecular complexity index is 2470. The van der Waals surface area contributed by atoms with E-state index in [9.17, 15) is 36.0 Å². The summed E-state index contributed by atoms with van der Waals surface area (Å²) in [5.41, 5.74) is -0.557. The lowest BCUT2D eigenvalue weighted by Gasteiger charge is -2.29. The number of carbonyl (C=O) groups excluding carboxylic acids is 3. The zero-order chi connectivity index (χ0) is 43.1. The van der Waals surface area contributed by atoms with Gasteiger partial charge in [0.25, 0.3) is 5.91 Å². The predicted octanol–water partition coefficient (Wildman–Crippen LogP) is 6.75. The second-order valence-electron chi connectivity index (χ2n) is 15.6. The third-order valence-electron chi connectivity index (χ3n) is 11.3. The van der Waals surface area contributed by atoms with Crippen molar-refractivity contribution in [1.29, 1.82) is 0 Å². The molecule has 4 aromatic rings. The van der Waals surface area contributed by atoms with Crippen LogP contribution in [0.15, 0.2) is 66.2 Å². The van der Waals surface area contributed by atoms with Gasteiger partial charge < -0.3 is 29.7 Å². The molecule has 0 spiro atoms. The molecule has 4 aliphatic rings. The second-order valence-corrected chi connectivity index (χ2v) is 18.9. The van der Waals surface area contributed by atoms with Crippen LogP contribution in [0.3, 0.4) is 0 Å². The Morgan fingerprint density at radius 3 is 2.59 bits per heavy atom. The highest BCUT2D eigenvalue weighted by Crippen LogP contribution is 2.46. The number of pyridine rings is 1. The van der Waals surface area contributed by atoms with E-state index in [1.807, 2.05) is 12.2 Å². The third-order valence-corrected chi connectivity index (χ3v) is 14.1. The third kappa shape index (κ3) is 9.52. The second kappa shape index (κ2) is 17.0. The number of nitrogens with zero attached hydrogens (tertiary/aromatic N) is 3. The number of amides is 3. The van der Waals surface area contributed by atoms with Crippen LogP contribution in [0.5, 0.6) is 17.4 Å². The molecule has 61 heavy (non-hydrogen) atoms. The highest BCUT2D eigenvalue weighted by atomic mass is 35.5. The Hall–Kier alpha value is -5.14. The van der Waals surface area contributed by atoms with E-state index in [0.29, 0.717) is 70.0 Å². The SMILES string of the molecule is COc1cnc(O[C@@H]2C[C@H]3C(=O)N[C@]4(C(=O)NS(=O)(=O)C5CC5)C[C@H]4C=CCCCCC[C@H](Nc4nc(-c5ccc(OC(F)(F)F)cc5)cs4)C(=O)N3C2)c2cc(Cl)ccc12. The van der Waals surface area contributed by atoms with Crippen LogP contribution < -0.4 is 29.6 Å². The van der Waals surface area contributed by atoms with Crippen molar-refractivity contribution < 1.29 is 50.2 Å². The Balaban J connectivity index is 1.09. The number of nitrogens with one attached hydrogen (secondary N) is 3. The molecule has 3 fully saturated rings. The molecule has 2 saturated carbocycles. The lowest BCUT2D eigenvalue weighted by Crippen LogP contribution is -2.57. The first-order chi connectivity index (χ1) is 29.1. The maximum atomic E-state index is 14.8. The Kier molecular flexibility index (Phi) is 11.8. The normalized spacial score (nSPS) is 24.8. The molecule has 0 bridgehead atoms. The molecule has 324 valence electrons. The van der Waals surface area contributed by atoms with Crippen LogP contribution in [0.2, 0.25) is 5.02 Å². The van der Waals surface area contributed by atoms with Gasteiger partial charge in [-0.05, 0) is 81.0 Å². The van der Waals surface area contributed by atoms with Crippen molar-refractivity contribution in [3.05, 3.63) is 71.2 Å². The van der Waals surface area contributed by atoms with Gasteiger partial charge in [0.05, 0.1) is 30.8 Å². The number of halogens is 4. The van der Waals surface area contributed by atoms with Gasteiger partial charge in [0, 0.05) is 39.1 Å². The molecule has 3 amide bonds. The first kappa shape index (κ1) is 42.5. The van der Waals surface area contributed by atoms with E-state index in [4.69, 9.17) is 21.1 Å². The summed E-state index contributed by atoms with van der Waals surface area (Å²) in [6, 6.07) is 8.42. The number of alkyl halides is 3. The molecule has 4 heterocycles. The summed E-state index contributed by atoms with van der Waals surface area (Å²) < 4.78 is 82.2. The summed E-state index contributed by atoms with van der Waals surface area (Å²) in [4.78, 5) is 53.7. The minimum absolute atomic E-state index is 0.00802. The number of rotatable bonds is 10. The van der Waals surface area contributed by atoms with Gasteiger partial charge in [-0.3, -0.25) is 19.1 Å². The number of fused-ring (bicyclic) bond motifs is 3. The average Bonchev–Trinajstić information content (AvgIpc) is 4.10. The van der Waals surface area contributed by atoms with Crippen molar-refractivity contribution in [3.63, 3.8) is 0 Å². The summed E-state index contributed by atoms with van der Waals surface area (Å²) >= 11 is 7.58. The number of thiazole rings is 1. The van der Waals surface area contributed by atoms with Crippen LogP contribution in [-0.2, 0) is 24.4 Å². The Labute approximate surface area is 358 Å². The fourth-order valence-corrected chi connectivity index (χ4v) is 10.2. The molecule has 14 nitrogen and oxygen atoms in total. The minimum Gasteiger partial charge on any atom is -0.494 e. The van der Waals surface area contributed by atoms with Crippen LogP contribution >= 0.6 is 22.9 Å². The van der Waals surface area contributed by atoms with Crippen molar-refractivity contribution in [1.82, 2.24) is 24.9 Å². The molecule has 0 radical (unpaired) electrons. The highest BCUT2D eigenvalue weighted by Gasteiger charge is 2.62.